The van der Waals surface area contributed by atoms with E-state index in [-0.39, 0.29) is 11.6 Å². The first-order valence-electron chi connectivity index (χ1n) is 7.46. The predicted molar refractivity (Wildman–Crippen MR) is 92.0 cm³/mol. The Hall–Kier alpha value is -2.67. The van der Waals surface area contributed by atoms with Crippen molar-refractivity contribution >= 4 is 15.7 Å². The molecule has 0 unspecified atom stereocenters. The van der Waals surface area contributed by atoms with E-state index in [9.17, 15) is 8.42 Å². The summed E-state index contributed by atoms with van der Waals surface area (Å²) < 4.78 is 29.0. The Labute approximate surface area is 141 Å². The van der Waals surface area contributed by atoms with Gasteiger partial charge in [-0.25, -0.2) is 4.68 Å². The second-order valence-corrected chi connectivity index (χ2v) is 7.34. The Bertz CT molecular complexity index is 936. The Balaban J connectivity index is 2.10. The number of sulfonamides is 1. The minimum Gasteiger partial charge on any atom is -0.261 e. The van der Waals surface area contributed by atoms with E-state index in [2.05, 4.69) is 10.3 Å². The fourth-order valence-electron chi connectivity index (χ4n) is 2.47. The van der Waals surface area contributed by atoms with E-state index in [1.54, 1.807) is 13.1 Å². The molecule has 3 rings (SSSR count). The third-order valence-electron chi connectivity index (χ3n) is 3.69. The van der Waals surface area contributed by atoms with E-state index in [0.29, 0.717) is 5.69 Å². The Kier molecular flexibility index (Phi) is 4.35. The van der Waals surface area contributed by atoms with Crippen LogP contribution in [0, 0.1) is 6.92 Å². The van der Waals surface area contributed by atoms with Gasteiger partial charge in [-0.1, -0.05) is 47.7 Å². The minimum absolute atomic E-state index is 0.0555. The van der Waals surface area contributed by atoms with Crippen molar-refractivity contribution < 1.29 is 8.42 Å². The average molecular weight is 342 g/mol. The number of benzene rings is 2. The van der Waals surface area contributed by atoms with E-state index in [1.807, 2.05) is 55.5 Å². The second-order valence-electron chi connectivity index (χ2n) is 5.53. The first-order chi connectivity index (χ1) is 11.5. The third kappa shape index (κ3) is 3.16. The Morgan fingerprint density at radius 1 is 1.08 bits per heavy atom. The Morgan fingerprint density at radius 2 is 1.83 bits per heavy atom. The van der Waals surface area contributed by atoms with E-state index in [0.717, 1.165) is 11.1 Å². The number of hydrogen-bond acceptors (Lipinski definition) is 4. The van der Waals surface area contributed by atoms with Crippen LogP contribution in [0.3, 0.4) is 0 Å². The quantitative estimate of drug-likeness (QED) is 0.714. The lowest BCUT2D eigenvalue weighted by molar-refractivity contribution is 0.569. The normalized spacial score (nSPS) is 11.4. The fraction of sp³-hybridized carbons (Fsp3) is 0.176. The molecule has 7 heteroatoms. The van der Waals surface area contributed by atoms with Crippen LogP contribution >= 0.6 is 0 Å². The van der Waals surface area contributed by atoms with Gasteiger partial charge in [0.05, 0.1) is 18.4 Å². The highest BCUT2D eigenvalue weighted by molar-refractivity contribution is 7.92. The minimum atomic E-state index is -3.79. The molecule has 1 heterocycles. The molecule has 0 atom stereocenters. The van der Waals surface area contributed by atoms with Crippen molar-refractivity contribution in [1.29, 1.82) is 0 Å². The zero-order valence-corrected chi connectivity index (χ0v) is 14.3. The predicted octanol–water partition coefficient (Wildman–Crippen LogP) is 2.52. The smallest absolute Gasteiger partial charge is 0.261 e. The van der Waals surface area contributed by atoms with Crippen LogP contribution in [0.4, 0.5) is 5.69 Å². The van der Waals surface area contributed by atoms with Gasteiger partial charge in [0.25, 0.3) is 10.0 Å². The fourth-order valence-corrected chi connectivity index (χ4v) is 3.96. The number of aromatic nitrogens is 3. The highest BCUT2D eigenvalue weighted by Gasteiger charge is 2.28. The summed E-state index contributed by atoms with van der Waals surface area (Å²) >= 11 is 0. The molecule has 0 saturated carbocycles. The number of hydrogen-bond donors (Lipinski definition) is 0. The molecule has 0 aliphatic rings. The van der Waals surface area contributed by atoms with E-state index in [4.69, 9.17) is 0 Å². The van der Waals surface area contributed by atoms with Crippen molar-refractivity contribution in [3.05, 3.63) is 71.9 Å². The molecule has 0 aliphatic heterocycles. The van der Waals surface area contributed by atoms with Gasteiger partial charge in [-0.05, 0) is 30.2 Å². The SMILES string of the molecule is Cc1cccc(N(Cc2ccccc2)S(=O)(=O)c2cnnn2C)c1. The van der Waals surface area contributed by atoms with Gasteiger partial charge >= 0.3 is 0 Å². The topological polar surface area (TPSA) is 68.1 Å². The first kappa shape index (κ1) is 16.2. The largest absolute Gasteiger partial charge is 0.283 e. The maximum Gasteiger partial charge on any atom is 0.283 e. The third-order valence-corrected chi connectivity index (χ3v) is 5.50. The lowest BCUT2D eigenvalue weighted by Crippen LogP contribution is -2.32. The van der Waals surface area contributed by atoms with E-state index in [1.165, 1.54) is 15.2 Å². The molecule has 0 N–H and O–H groups in total. The van der Waals surface area contributed by atoms with Crippen LogP contribution < -0.4 is 4.31 Å². The zero-order valence-electron chi connectivity index (χ0n) is 13.5. The molecule has 1 aromatic heterocycles. The van der Waals surface area contributed by atoms with Gasteiger partial charge in [0.2, 0.25) is 0 Å². The summed E-state index contributed by atoms with van der Waals surface area (Å²) in [5.41, 5.74) is 2.50. The van der Waals surface area contributed by atoms with Crippen LogP contribution in [-0.2, 0) is 23.6 Å². The molecule has 0 fully saturated rings. The van der Waals surface area contributed by atoms with Crippen molar-refractivity contribution in [3.63, 3.8) is 0 Å². The molecule has 0 saturated heterocycles. The van der Waals surface area contributed by atoms with Crippen molar-refractivity contribution in [2.75, 3.05) is 4.31 Å². The number of rotatable bonds is 5. The summed E-state index contributed by atoms with van der Waals surface area (Å²) in [6.07, 6.45) is 1.27. The molecular formula is C17H18N4O2S. The van der Waals surface area contributed by atoms with Crippen molar-refractivity contribution in [3.8, 4) is 0 Å². The van der Waals surface area contributed by atoms with Crippen molar-refractivity contribution in [2.45, 2.75) is 18.5 Å². The number of aryl methyl sites for hydroxylation is 2. The molecular weight excluding hydrogens is 324 g/mol. The molecule has 3 aromatic rings. The van der Waals surface area contributed by atoms with Crippen molar-refractivity contribution in [1.82, 2.24) is 15.0 Å². The van der Waals surface area contributed by atoms with Crippen LogP contribution in [-0.4, -0.2) is 23.4 Å². The van der Waals surface area contributed by atoms with Gasteiger partial charge in [-0.2, -0.15) is 8.42 Å². The number of anilines is 1. The monoisotopic (exact) mass is 342 g/mol. The summed E-state index contributed by atoms with van der Waals surface area (Å²) in [6, 6.07) is 16.9. The van der Waals surface area contributed by atoms with Gasteiger partial charge in [0.15, 0.2) is 5.03 Å². The van der Waals surface area contributed by atoms with Crippen LogP contribution in [0.2, 0.25) is 0 Å². The molecule has 0 radical (unpaired) electrons. The molecule has 0 spiro atoms. The van der Waals surface area contributed by atoms with Crippen LogP contribution in [0.1, 0.15) is 11.1 Å². The molecule has 24 heavy (non-hydrogen) atoms. The molecule has 0 bridgehead atoms. The van der Waals surface area contributed by atoms with E-state index < -0.39 is 10.0 Å². The maximum atomic E-state index is 13.2. The standard InChI is InChI=1S/C17H18N4O2S/c1-14-7-6-10-16(11-14)21(13-15-8-4-3-5-9-15)24(22,23)17-12-18-19-20(17)2/h3-12H,13H2,1-2H3. The summed E-state index contributed by atoms with van der Waals surface area (Å²) in [6.45, 7) is 2.17. The number of nitrogens with zero attached hydrogens (tertiary/aromatic N) is 4. The van der Waals surface area contributed by atoms with Gasteiger partial charge in [0.1, 0.15) is 0 Å². The Morgan fingerprint density at radius 3 is 2.46 bits per heavy atom. The van der Waals surface area contributed by atoms with Crippen LogP contribution in [0.15, 0.2) is 65.8 Å². The van der Waals surface area contributed by atoms with Crippen LogP contribution in [0.5, 0.6) is 0 Å². The summed E-state index contributed by atoms with van der Waals surface area (Å²) in [5, 5.41) is 7.50. The summed E-state index contributed by atoms with van der Waals surface area (Å²) in [7, 11) is -2.22. The van der Waals surface area contributed by atoms with Gasteiger partial charge in [-0.3, -0.25) is 4.31 Å². The first-order valence-corrected chi connectivity index (χ1v) is 8.90. The second kappa shape index (κ2) is 6.45. The average Bonchev–Trinajstić information content (AvgIpc) is 3.00. The zero-order chi connectivity index (χ0) is 17.2. The lowest BCUT2D eigenvalue weighted by atomic mass is 10.2. The highest BCUT2D eigenvalue weighted by atomic mass is 32.2. The molecule has 124 valence electrons. The molecule has 0 amide bonds. The maximum absolute atomic E-state index is 13.2. The summed E-state index contributed by atoms with van der Waals surface area (Å²) in [5.74, 6) is 0. The van der Waals surface area contributed by atoms with E-state index >= 15 is 0 Å². The van der Waals surface area contributed by atoms with Gasteiger partial charge < -0.3 is 0 Å². The van der Waals surface area contributed by atoms with Gasteiger partial charge in [-0.15, -0.1) is 5.10 Å². The van der Waals surface area contributed by atoms with Gasteiger partial charge in [0, 0.05) is 7.05 Å². The van der Waals surface area contributed by atoms with Crippen molar-refractivity contribution in [2.24, 2.45) is 7.05 Å². The molecule has 2 aromatic carbocycles. The summed E-state index contributed by atoms with van der Waals surface area (Å²) in [4.78, 5) is 0. The lowest BCUT2D eigenvalue weighted by Gasteiger charge is -2.24. The highest BCUT2D eigenvalue weighted by Crippen LogP contribution is 2.26. The van der Waals surface area contributed by atoms with Crippen LogP contribution in [0.25, 0.3) is 0 Å². The molecule has 0 aliphatic carbocycles. The molecule has 6 nitrogen and oxygen atoms in total.